The molecular formula is C8H8N6O2+2. The molecular weight excluding hydrogens is 212 g/mol. The first-order valence-electron chi connectivity index (χ1n) is 4.93. The highest BCUT2D eigenvalue weighted by atomic mass is 16.2. The number of nitrogens with one attached hydrogen (secondary N) is 1. The number of hydrogen-bond donors (Lipinski definition) is 1. The fourth-order valence-electron chi connectivity index (χ4n) is 2.47. The molecule has 0 atom stereocenters. The van der Waals surface area contributed by atoms with Gasteiger partial charge in [-0.1, -0.05) is 4.57 Å². The average molecular weight is 220 g/mol. The van der Waals surface area contributed by atoms with E-state index in [1.807, 2.05) is 0 Å². The van der Waals surface area contributed by atoms with Gasteiger partial charge >= 0.3 is 30.5 Å². The van der Waals surface area contributed by atoms with Crippen LogP contribution in [0.3, 0.4) is 0 Å². The van der Waals surface area contributed by atoms with Crippen LogP contribution >= 0.6 is 0 Å². The van der Waals surface area contributed by atoms with E-state index in [4.69, 9.17) is 0 Å². The van der Waals surface area contributed by atoms with Crippen molar-refractivity contribution in [1.29, 1.82) is 0 Å². The van der Waals surface area contributed by atoms with Gasteiger partial charge in [-0.2, -0.15) is 9.69 Å². The van der Waals surface area contributed by atoms with Crippen molar-refractivity contribution < 1.29 is 18.7 Å². The normalized spacial score (nSPS) is 22.0. The second kappa shape index (κ2) is 2.35. The first-order valence-corrected chi connectivity index (χ1v) is 4.93. The quantitative estimate of drug-likeness (QED) is 0.501. The lowest BCUT2D eigenvalue weighted by atomic mass is 10.4. The molecule has 3 aliphatic rings. The van der Waals surface area contributed by atoms with Gasteiger partial charge in [0, 0.05) is 0 Å². The minimum Gasteiger partial charge on any atom is -0.263 e. The maximum Gasteiger partial charge on any atom is 0.507 e. The van der Waals surface area contributed by atoms with Crippen LogP contribution in [0.4, 0.5) is 9.59 Å². The Balaban J connectivity index is 2.06. The van der Waals surface area contributed by atoms with Crippen LogP contribution in [-0.4, -0.2) is 40.2 Å². The van der Waals surface area contributed by atoms with Crippen molar-refractivity contribution in [2.45, 2.75) is 6.17 Å². The number of amides is 2. The van der Waals surface area contributed by atoms with Gasteiger partial charge in [-0.15, -0.1) is 4.57 Å². The zero-order chi connectivity index (χ0) is 10.9. The van der Waals surface area contributed by atoms with Gasteiger partial charge in [0.2, 0.25) is 0 Å². The molecule has 0 unspecified atom stereocenters. The van der Waals surface area contributed by atoms with Crippen LogP contribution in [-0.2, 0) is 0 Å². The molecule has 4 heterocycles. The van der Waals surface area contributed by atoms with E-state index >= 15 is 0 Å². The lowest BCUT2D eigenvalue weighted by Crippen LogP contribution is -2.61. The lowest BCUT2D eigenvalue weighted by molar-refractivity contribution is -0.716. The summed E-state index contributed by atoms with van der Waals surface area (Å²) in [5.74, 6) is 0.673. The summed E-state index contributed by atoms with van der Waals surface area (Å²) in [6.07, 6.45) is 2.62. The highest BCUT2D eigenvalue weighted by molar-refractivity contribution is 5.73. The molecule has 4 rings (SSSR count). The van der Waals surface area contributed by atoms with Crippen LogP contribution in [0.15, 0.2) is 12.7 Å². The Morgan fingerprint density at radius 1 is 1.19 bits per heavy atom. The van der Waals surface area contributed by atoms with Crippen molar-refractivity contribution in [2.75, 3.05) is 13.3 Å². The van der Waals surface area contributed by atoms with Crippen molar-refractivity contribution in [2.24, 2.45) is 0 Å². The van der Waals surface area contributed by atoms with Gasteiger partial charge in [-0.05, 0) is 4.98 Å². The summed E-state index contributed by atoms with van der Waals surface area (Å²) in [4.78, 5) is 31.1. The minimum atomic E-state index is -0.274. The summed E-state index contributed by atoms with van der Waals surface area (Å²) in [5, 5.41) is 3.02. The molecule has 0 radical (unpaired) electrons. The molecule has 8 heteroatoms. The zero-order valence-electron chi connectivity index (χ0n) is 8.20. The number of aromatic nitrogens is 3. The van der Waals surface area contributed by atoms with Gasteiger partial charge < -0.3 is 0 Å². The van der Waals surface area contributed by atoms with E-state index in [2.05, 4.69) is 10.3 Å². The number of carbonyl (C=O) groups is 2. The molecule has 0 spiro atoms. The molecule has 0 saturated carbocycles. The van der Waals surface area contributed by atoms with E-state index in [1.165, 1.54) is 21.8 Å². The molecule has 0 aromatic carbocycles. The predicted molar refractivity (Wildman–Crippen MR) is 45.5 cm³/mol. The fourth-order valence-corrected chi connectivity index (χ4v) is 2.47. The van der Waals surface area contributed by atoms with Gasteiger partial charge in [0.05, 0.1) is 6.67 Å². The van der Waals surface area contributed by atoms with Gasteiger partial charge in [0.25, 0.3) is 6.17 Å². The largest absolute Gasteiger partial charge is 0.507 e. The standard InChI is InChI=1S/C8H8N6O2/c15-7-11-1-9-2-12-5(11)6-13(7)3-10-4-14(6)8(12)16/h1-2,6,10H,3-4H2/q+2. The maximum absolute atomic E-state index is 12.0. The summed E-state index contributed by atoms with van der Waals surface area (Å²) in [6, 6.07) is -0.293. The first kappa shape index (κ1) is 8.11. The fraction of sp³-hybridized carbons (Fsp3) is 0.375. The molecule has 8 nitrogen and oxygen atoms in total. The second-order valence-electron chi connectivity index (χ2n) is 3.92. The van der Waals surface area contributed by atoms with E-state index in [0.29, 0.717) is 19.2 Å². The molecule has 1 N–H and O–H groups in total. The molecule has 1 fully saturated rings. The summed E-state index contributed by atoms with van der Waals surface area (Å²) < 4.78 is 2.85. The van der Waals surface area contributed by atoms with E-state index in [1.54, 1.807) is 9.80 Å². The third-order valence-electron chi connectivity index (χ3n) is 3.15. The van der Waals surface area contributed by atoms with Crippen molar-refractivity contribution >= 4 is 12.1 Å². The molecule has 1 aromatic heterocycles. The smallest absolute Gasteiger partial charge is 0.263 e. The van der Waals surface area contributed by atoms with Crippen molar-refractivity contribution in [1.82, 2.24) is 20.1 Å². The molecule has 2 amide bonds. The van der Waals surface area contributed by atoms with Crippen LogP contribution in [0.1, 0.15) is 12.0 Å². The summed E-state index contributed by atoms with van der Waals surface area (Å²) >= 11 is 0. The molecule has 80 valence electrons. The first-order chi connectivity index (χ1) is 7.79. The number of rotatable bonds is 0. The Labute approximate surface area is 89.7 Å². The molecule has 0 aliphatic carbocycles. The van der Waals surface area contributed by atoms with E-state index in [-0.39, 0.29) is 18.2 Å². The third kappa shape index (κ3) is 0.673. The predicted octanol–water partition coefficient (Wildman–Crippen LogP) is -2.26. The molecule has 3 aliphatic heterocycles. The topological polar surface area (TPSA) is 73.3 Å². The van der Waals surface area contributed by atoms with Crippen LogP contribution in [0.5, 0.6) is 0 Å². The maximum atomic E-state index is 12.0. The lowest BCUT2D eigenvalue weighted by Gasteiger charge is -2.27. The Morgan fingerprint density at radius 2 is 1.75 bits per heavy atom. The molecule has 0 bridgehead atoms. The van der Waals surface area contributed by atoms with E-state index in [9.17, 15) is 9.59 Å². The third-order valence-corrected chi connectivity index (χ3v) is 3.15. The summed E-state index contributed by atoms with van der Waals surface area (Å²) in [7, 11) is 0. The van der Waals surface area contributed by atoms with Crippen LogP contribution in [0.2, 0.25) is 0 Å². The van der Waals surface area contributed by atoms with Crippen LogP contribution in [0, 0.1) is 0 Å². The summed E-state index contributed by atoms with van der Waals surface area (Å²) in [6.45, 7) is 0.907. The Bertz CT molecular complexity index is 501. The van der Waals surface area contributed by atoms with Crippen molar-refractivity contribution in [3.63, 3.8) is 0 Å². The summed E-state index contributed by atoms with van der Waals surface area (Å²) in [5.41, 5.74) is 0. The highest BCUT2D eigenvalue weighted by Crippen LogP contribution is 2.29. The Hall–Kier alpha value is -2.09. The average Bonchev–Trinajstić information content (AvgIpc) is 2.78. The Morgan fingerprint density at radius 3 is 2.31 bits per heavy atom. The minimum absolute atomic E-state index is 0.147. The van der Waals surface area contributed by atoms with Gasteiger partial charge in [0.15, 0.2) is 0 Å². The second-order valence-corrected chi connectivity index (χ2v) is 3.92. The monoisotopic (exact) mass is 220 g/mol. The van der Waals surface area contributed by atoms with Crippen LogP contribution in [0.25, 0.3) is 0 Å². The van der Waals surface area contributed by atoms with Gasteiger partial charge in [0.1, 0.15) is 6.67 Å². The molecule has 1 saturated heterocycles. The van der Waals surface area contributed by atoms with Crippen molar-refractivity contribution in [3.05, 3.63) is 18.5 Å². The Kier molecular flexibility index (Phi) is 1.19. The molecule has 16 heavy (non-hydrogen) atoms. The number of carbonyl (C=O) groups excluding carboxylic acids is 2. The number of nitrogens with zero attached hydrogens (tertiary/aromatic N) is 5. The zero-order valence-corrected chi connectivity index (χ0v) is 8.20. The van der Waals surface area contributed by atoms with Crippen LogP contribution < -0.4 is 14.5 Å². The van der Waals surface area contributed by atoms with E-state index in [0.717, 1.165) is 0 Å². The number of hydrogen-bond acceptors (Lipinski definition) is 4. The molecule has 1 aromatic rings. The SMILES string of the molecule is O=C1N2CNCN3C(=O)[n+]4cnc[n+]1c4C23. The van der Waals surface area contributed by atoms with Gasteiger partial charge in [-0.25, -0.2) is 9.69 Å². The van der Waals surface area contributed by atoms with Gasteiger partial charge in [-0.3, -0.25) is 5.32 Å². The highest BCUT2D eigenvalue weighted by Gasteiger charge is 2.63. The van der Waals surface area contributed by atoms with Crippen molar-refractivity contribution in [3.8, 4) is 0 Å². The van der Waals surface area contributed by atoms with E-state index < -0.39 is 0 Å².